The van der Waals surface area contributed by atoms with E-state index in [0.717, 1.165) is 36.4 Å². The molecule has 142 valence electrons. The fourth-order valence-corrected chi connectivity index (χ4v) is 4.56. The Hall–Kier alpha value is -1.55. The van der Waals surface area contributed by atoms with Gasteiger partial charge in [0, 0.05) is 44.1 Å². The van der Waals surface area contributed by atoms with E-state index in [-0.39, 0.29) is 17.9 Å². The molecule has 1 atom stereocenters. The maximum absolute atomic E-state index is 12.4. The van der Waals surface area contributed by atoms with Gasteiger partial charge in [0.1, 0.15) is 6.10 Å². The highest BCUT2D eigenvalue weighted by molar-refractivity contribution is 7.15. The number of ether oxygens (including phenoxy) is 2. The van der Waals surface area contributed by atoms with E-state index in [4.69, 9.17) is 9.47 Å². The fraction of sp³-hybridized carbons (Fsp3) is 0.706. The molecular weight excluding hydrogens is 356 g/mol. The van der Waals surface area contributed by atoms with Crippen LogP contribution in [0.2, 0.25) is 0 Å². The van der Waals surface area contributed by atoms with Gasteiger partial charge in [-0.3, -0.25) is 19.8 Å². The largest absolute Gasteiger partial charge is 0.378 e. The zero-order valence-electron chi connectivity index (χ0n) is 14.7. The third kappa shape index (κ3) is 4.06. The zero-order valence-corrected chi connectivity index (χ0v) is 15.6. The van der Waals surface area contributed by atoms with Crippen molar-refractivity contribution in [2.45, 2.75) is 31.9 Å². The molecule has 1 aromatic heterocycles. The quantitative estimate of drug-likeness (QED) is 0.818. The molecule has 3 aliphatic rings. The van der Waals surface area contributed by atoms with Crippen molar-refractivity contribution in [1.29, 1.82) is 0 Å². The first-order valence-electron chi connectivity index (χ1n) is 9.18. The highest BCUT2D eigenvalue weighted by atomic mass is 32.1. The van der Waals surface area contributed by atoms with Crippen LogP contribution in [0.25, 0.3) is 0 Å². The van der Waals surface area contributed by atoms with Gasteiger partial charge in [-0.15, -0.1) is 11.3 Å². The van der Waals surface area contributed by atoms with Crippen molar-refractivity contribution < 1.29 is 19.1 Å². The Morgan fingerprint density at radius 1 is 1.23 bits per heavy atom. The Labute approximate surface area is 156 Å². The summed E-state index contributed by atoms with van der Waals surface area (Å²) in [6, 6.07) is 0. The van der Waals surface area contributed by atoms with Gasteiger partial charge in [0.15, 0.2) is 5.13 Å². The maximum Gasteiger partial charge on any atom is 0.255 e. The average molecular weight is 380 g/mol. The highest BCUT2D eigenvalue weighted by Crippen LogP contribution is 2.29. The predicted octanol–water partition coefficient (Wildman–Crippen LogP) is 0.477. The van der Waals surface area contributed by atoms with Gasteiger partial charge >= 0.3 is 0 Å². The van der Waals surface area contributed by atoms with Gasteiger partial charge < -0.3 is 14.4 Å². The van der Waals surface area contributed by atoms with Gasteiger partial charge in [-0.2, -0.15) is 0 Å². The number of rotatable bonds is 4. The molecular formula is C17H24N4O4S. The van der Waals surface area contributed by atoms with Gasteiger partial charge in [-0.05, 0) is 12.8 Å². The molecule has 1 N–H and O–H groups in total. The zero-order chi connectivity index (χ0) is 17.9. The van der Waals surface area contributed by atoms with Crippen molar-refractivity contribution in [3.8, 4) is 0 Å². The third-order valence-corrected chi connectivity index (χ3v) is 5.98. The second-order valence-electron chi connectivity index (χ2n) is 6.83. The summed E-state index contributed by atoms with van der Waals surface area (Å²) in [4.78, 5) is 34.3. The molecule has 0 radical (unpaired) electrons. The van der Waals surface area contributed by atoms with Crippen LogP contribution in [0, 0.1) is 0 Å². The van der Waals surface area contributed by atoms with E-state index in [9.17, 15) is 9.59 Å². The van der Waals surface area contributed by atoms with Crippen molar-refractivity contribution in [2.24, 2.45) is 0 Å². The lowest BCUT2D eigenvalue weighted by molar-refractivity contribution is -0.136. The smallest absolute Gasteiger partial charge is 0.255 e. The van der Waals surface area contributed by atoms with E-state index >= 15 is 0 Å². The van der Waals surface area contributed by atoms with E-state index in [1.807, 2.05) is 4.90 Å². The number of anilines is 1. The fourth-order valence-electron chi connectivity index (χ4n) is 3.51. The lowest BCUT2D eigenvalue weighted by atomic mass is 10.2. The Morgan fingerprint density at radius 3 is 2.85 bits per heavy atom. The van der Waals surface area contributed by atoms with E-state index in [1.54, 1.807) is 0 Å². The lowest BCUT2D eigenvalue weighted by Gasteiger charge is -2.31. The summed E-state index contributed by atoms with van der Waals surface area (Å²) in [6.45, 7) is 5.20. The van der Waals surface area contributed by atoms with Crippen LogP contribution >= 0.6 is 11.3 Å². The van der Waals surface area contributed by atoms with Crippen LogP contribution in [0.3, 0.4) is 0 Å². The molecule has 0 saturated carbocycles. The second kappa shape index (κ2) is 7.99. The Morgan fingerprint density at radius 2 is 2.08 bits per heavy atom. The van der Waals surface area contributed by atoms with Crippen molar-refractivity contribution in [1.82, 2.24) is 14.8 Å². The number of nitrogens with one attached hydrogen (secondary N) is 1. The summed E-state index contributed by atoms with van der Waals surface area (Å²) in [5.74, 6) is 0.0566. The number of fused-ring (bicyclic) bond motifs is 1. The molecule has 2 amide bonds. The highest BCUT2D eigenvalue weighted by Gasteiger charge is 2.27. The number of aromatic nitrogens is 1. The number of amides is 2. The van der Waals surface area contributed by atoms with Crippen LogP contribution in [-0.2, 0) is 32.0 Å². The number of nitrogens with zero attached hydrogens (tertiary/aromatic N) is 3. The predicted molar refractivity (Wildman–Crippen MR) is 96.1 cm³/mol. The van der Waals surface area contributed by atoms with Crippen LogP contribution in [-0.4, -0.2) is 78.7 Å². The molecule has 0 aromatic carbocycles. The van der Waals surface area contributed by atoms with Gasteiger partial charge in [0.05, 0.1) is 25.5 Å². The molecule has 3 aliphatic heterocycles. The number of hydrogen-bond acceptors (Lipinski definition) is 7. The molecule has 0 bridgehead atoms. The van der Waals surface area contributed by atoms with E-state index in [2.05, 4.69) is 15.2 Å². The first-order valence-corrected chi connectivity index (χ1v) is 9.99. The molecule has 0 spiro atoms. The van der Waals surface area contributed by atoms with Crippen molar-refractivity contribution in [3.05, 3.63) is 10.6 Å². The van der Waals surface area contributed by atoms with Crippen molar-refractivity contribution >= 4 is 28.3 Å². The number of thiazole rings is 1. The van der Waals surface area contributed by atoms with E-state index < -0.39 is 0 Å². The van der Waals surface area contributed by atoms with Gasteiger partial charge in [0.25, 0.3) is 5.91 Å². The minimum Gasteiger partial charge on any atom is -0.378 e. The molecule has 2 fully saturated rings. The number of carbonyl (C=O) groups excluding carboxylic acids is 2. The average Bonchev–Trinajstić information content (AvgIpc) is 3.31. The van der Waals surface area contributed by atoms with Crippen LogP contribution in [0.15, 0.2) is 0 Å². The van der Waals surface area contributed by atoms with E-state index in [0.29, 0.717) is 51.1 Å². The first-order chi connectivity index (χ1) is 12.7. The third-order valence-electron chi connectivity index (χ3n) is 4.99. The SMILES string of the molecule is O=C(Nc1nc2c(s1)CN(CC(=O)N1CCOCC1)CC2)C1CCCO1. The first kappa shape index (κ1) is 17.8. The molecule has 2 saturated heterocycles. The van der Waals surface area contributed by atoms with Crippen molar-refractivity contribution in [3.63, 3.8) is 0 Å². The lowest BCUT2D eigenvalue weighted by Crippen LogP contribution is -2.46. The minimum absolute atomic E-state index is 0.104. The molecule has 4 heterocycles. The summed E-state index contributed by atoms with van der Waals surface area (Å²) in [5, 5.41) is 3.52. The summed E-state index contributed by atoms with van der Waals surface area (Å²) in [5.41, 5.74) is 1.03. The molecule has 0 aliphatic carbocycles. The molecule has 9 heteroatoms. The van der Waals surface area contributed by atoms with Crippen LogP contribution in [0.5, 0.6) is 0 Å². The number of morpholine rings is 1. The number of hydrogen-bond donors (Lipinski definition) is 1. The Balaban J connectivity index is 1.32. The van der Waals surface area contributed by atoms with Gasteiger partial charge in [-0.25, -0.2) is 4.98 Å². The van der Waals surface area contributed by atoms with Crippen molar-refractivity contribution in [2.75, 3.05) is 51.3 Å². The second-order valence-corrected chi connectivity index (χ2v) is 7.92. The van der Waals surface area contributed by atoms with Crippen LogP contribution < -0.4 is 5.32 Å². The standard InChI is InChI=1S/C17H24N4O4S/c22-15(21-5-8-24-9-6-21)11-20-4-3-12-14(10-20)26-17(18-12)19-16(23)13-2-1-7-25-13/h13H,1-11H2,(H,18,19,23). The minimum atomic E-state index is -0.349. The molecule has 1 unspecified atom stereocenters. The van der Waals surface area contributed by atoms with Crippen LogP contribution in [0.1, 0.15) is 23.4 Å². The summed E-state index contributed by atoms with van der Waals surface area (Å²) in [6.07, 6.45) is 2.16. The summed E-state index contributed by atoms with van der Waals surface area (Å²) in [7, 11) is 0. The molecule has 1 aromatic rings. The normalized spacial score (nSPS) is 23.7. The van der Waals surface area contributed by atoms with E-state index in [1.165, 1.54) is 11.3 Å². The maximum atomic E-state index is 12.4. The summed E-state index contributed by atoms with van der Waals surface area (Å²) >= 11 is 1.50. The molecule has 4 rings (SSSR count). The Bertz CT molecular complexity index is 668. The number of carbonyl (C=O) groups is 2. The molecule has 26 heavy (non-hydrogen) atoms. The monoisotopic (exact) mass is 380 g/mol. The summed E-state index contributed by atoms with van der Waals surface area (Å²) < 4.78 is 10.7. The molecule has 8 nitrogen and oxygen atoms in total. The Kier molecular flexibility index (Phi) is 5.49. The van der Waals surface area contributed by atoms with Gasteiger partial charge in [-0.1, -0.05) is 0 Å². The van der Waals surface area contributed by atoms with Gasteiger partial charge in [0.2, 0.25) is 5.91 Å². The topological polar surface area (TPSA) is 84.0 Å². The van der Waals surface area contributed by atoms with Crippen LogP contribution in [0.4, 0.5) is 5.13 Å².